The second kappa shape index (κ2) is 5.94. The molecular formula is C16H9BrClNO3. The zero-order chi connectivity index (χ0) is 15.7. The number of aromatic nitrogens is 1. The molecule has 1 N–H and O–H groups in total. The van der Waals surface area contributed by atoms with E-state index < -0.39 is 5.63 Å². The second-order valence-corrected chi connectivity index (χ2v) is 5.89. The summed E-state index contributed by atoms with van der Waals surface area (Å²) in [7, 11) is 0. The Labute approximate surface area is 138 Å². The molecule has 1 aromatic heterocycles. The Morgan fingerprint density at radius 3 is 2.68 bits per heavy atom. The van der Waals surface area contributed by atoms with Crippen molar-refractivity contribution in [3.8, 4) is 0 Å². The fraction of sp³-hybridized carbons (Fsp3) is 0. The van der Waals surface area contributed by atoms with Gasteiger partial charge in [0, 0.05) is 21.1 Å². The zero-order valence-electron chi connectivity index (χ0n) is 11.1. The van der Waals surface area contributed by atoms with Gasteiger partial charge in [0.05, 0.1) is 0 Å². The number of hydrogen-bond acceptors (Lipinski definition) is 4. The van der Waals surface area contributed by atoms with Crippen LogP contribution in [0.25, 0.3) is 22.9 Å². The van der Waals surface area contributed by atoms with E-state index in [0.29, 0.717) is 21.7 Å². The van der Waals surface area contributed by atoms with Gasteiger partial charge < -0.3 is 9.52 Å². The minimum atomic E-state index is -0.626. The molecule has 6 heteroatoms. The molecule has 2 aromatic carbocycles. The van der Waals surface area contributed by atoms with Crippen LogP contribution in [-0.4, -0.2) is 10.1 Å². The maximum atomic E-state index is 11.9. The summed E-state index contributed by atoms with van der Waals surface area (Å²) in [5, 5.41) is 10.6. The predicted molar refractivity (Wildman–Crippen MR) is 89.9 cm³/mol. The maximum Gasteiger partial charge on any atom is 0.362 e. The van der Waals surface area contributed by atoms with Crippen LogP contribution in [-0.2, 0) is 0 Å². The third-order valence-corrected chi connectivity index (χ3v) is 3.75. The average molecular weight is 379 g/mol. The van der Waals surface area contributed by atoms with Crippen LogP contribution in [0.4, 0.5) is 0 Å². The average Bonchev–Trinajstić information content (AvgIpc) is 2.49. The maximum absolute atomic E-state index is 11.9. The molecule has 4 nitrogen and oxygen atoms in total. The van der Waals surface area contributed by atoms with Gasteiger partial charge >= 0.3 is 5.63 Å². The fourth-order valence-corrected chi connectivity index (χ4v) is 2.35. The molecule has 0 fully saturated rings. The van der Waals surface area contributed by atoms with E-state index in [0.717, 1.165) is 4.47 Å². The van der Waals surface area contributed by atoms with E-state index in [1.165, 1.54) is 6.08 Å². The third kappa shape index (κ3) is 3.05. The van der Waals surface area contributed by atoms with Crippen LogP contribution in [0.15, 0.2) is 56.1 Å². The van der Waals surface area contributed by atoms with Crippen molar-refractivity contribution in [3.63, 3.8) is 0 Å². The Morgan fingerprint density at radius 1 is 1.23 bits per heavy atom. The van der Waals surface area contributed by atoms with E-state index >= 15 is 0 Å². The number of aliphatic hydroxyl groups is 1. The lowest BCUT2D eigenvalue weighted by Crippen LogP contribution is -2.06. The van der Waals surface area contributed by atoms with Crippen LogP contribution in [0.1, 0.15) is 11.3 Å². The van der Waals surface area contributed by atoms with Crippen LogP contribution in [0.3, 0.4) is 0 Å². The standard InChI is InChI=1S/C16H9BrClNO3/c17-10-3-1-9(2-4-10)14(20)8-13-16(21)22-15-6-5-11(18)7-12(15)19-13/h1-8,20H/b14-8-. The predicted octanol–water partition coefficient (Wildman–Crippen LogP) is 4.66. The van der Waals surface area contributed by atoms with Crippen molar-refractivity contribution in [3.05, 3.63) is 73.6 Å². The summed E-state index contributed by atoms with van der Waals surface area (Å²) in [6, 6.07) is 11.8. The number of aliphatic hydroxyl groups excluding tert-OH is 1. The number of halogens is 2. The van der Waals surface area contributed by atoms with Crippen LogP contribution in [0, 0.1) is 0 Å². The van der Waals surface area contributed by atoms with Crippen LogP contribution >= 0.6 is 27.5 Å². The highest BCUT2D eigenvalue weighted by atomic mass is 79.9. The summed E-state index contributed by atoms with van der Waals surface area (Å²) < 4.78 is 6.05. The molecule has 3 aromatic rings. The van der Waals surface area contributed by atoms with Gasteiger partial charge in [0.1, 0.15) is 11.3 Å². The summed E-state index contributed by atoms with van der Waals surface area (Å²) in [5.41, 5.74) is 0.737. The molecule has 0 aliphatic carbocycles. The van der Waals surface area contributed by atoms with Crippen LogP contribution in [0.5, 0.6) is 0 Å². The number of rotatable bonds is 2. The highest BCUT2D eigenvalue weighted by molar-refractivity contribution is 9.10. The number of fused-ring (bicyclic) bond motifs is 1. The minimum absolute atomic E-state index is 0.00943. The van der Waals surface area contributed by atoms with Gasteiger partial charge in [0.15, 0.2) is 11.3 Å². The first kappa shape index (κ1) is 14.8. The van der Waals surface area contributed by atoms with E-state index in [1.807, 2.05) is 0 Å². The Kier molecular flexibility index (Phi) is 4.00. The number of hydrogen-bond donors (Lipinski definition) is 1. The van der Waals surface area contributed by atoms with E-state index in [-0.39, 0.29) is 11.5 Å². The fourth-order valence-electron chi connectivity index (χ4n) is 1.92. The Hall–Kier alpha value is -2.11. The summed E-state index contributed by atoms with van der Waals surface area (Å²) >= 11 is 9.21. The molecule has 0 bridgehead atoms. The van der Waals surface area contributed by atoms with Gasteiger partial charge in [0.2, 0.25) is 0 Å². The molecule has 0 saturated heterocycles. The van der Waals surface area contributed by atoms with Crippen molar-refractivity contribution < 1.29 is 9.52 Å². The van der Waals surface area contributed by atoms with Crippen molar-refractivity contribution in [2.75, 3.05) is 0 Å². The molecule has 0 saturated carbocycles. The minimum Gasteiger partial charge on any atom is -0.507 e. The number of nitrogens with zero attached hydrogens (tertiary/aromatic N) is 1. The molecule has 0 unspecified atom stereocenters. The molecule has 3 rings (SSSR count). The topological polar surface area (TPSA) is 63.3 Å². The smallest absolute Gasteiger partial charge is 0.362 e. The first-order valence-electron chi connectivity index (χ1n) is 6.30. The second-order valence-electron chi connectivity index (χ2n) is 4.54. The van der Waals surface area contributed by atoms with Gasteiger partial charge in [-0.05, 0) is 30.3 Å². The molecule has 0 amide bonds. The third-order valence-electron chi connectivity index (χ3n) is 2.99. The molecular weight excluding hydrogens is 370 g/mol. The van der Waals surface area contributed by atoms with Crippen LogP contribution in [0.2, 0.25) is 5.02 Å². The van der Waals surface area contributed by atoms with Gasteiger partial charge in [0.25, 0.3) is 0 Å². The van der Waals surface area contributed by atoms with Crippen molar-refractivity contribution in [1.82, 2.24) is 4.98 Å². The van der Waals surface area contributed by atoms with Crippen molar-refractivity contribution >= 4 is 50.5 Å². The Morgan fingerprint density at radius 2 is 1.95 bits per heavy atom. The molecule has 0 aliphatic rings. The SMILES string of the molecule is O=c1oc2ccc(Cl)cc2nc1/C=C(\O)c1ccc(Br)cc1. The lowest BCUT2D eigenvalue weighted by molar-refractivity contribution is 0.514. The van der Waals surface area contributed by atoms with Gasteiger partial charge in [-0.2, -0.15) is 0 Å². The highest BCUT2D eigenvalue weighted by Crippen LogP contribution is 2.19. The van der Waals surface area contributed by atoms with E-state index in [1.54, 1.807) is 42.5 Å². The molecule has 0 atom stereocenters. The van der Waals surface area contributed by atoms with Gasteiger partial charge in [-0.3, -0.25) is 0 Å². The zero-order valence-corrected chi connectivity index (χ0v) is 13.4. The van der Waals surface area contributed by atoms with Crippen molar-refractivity contribution in [1.29, 1.82) is 0 Å². The molecule has 110 valence electrons. The first-order chi connectivity index (χ1) is 10.5. The molecule has 22 heavy (non-hydrogen) atoms. The number of benzene rings is 2. The van der Waals surface area contributed by atoms with E-state index in [4.69, 9.17) is 16.0 Å². The molecule has 0 aliphatic heterocycles. The first-order valence-corrected chi connectivity index (χ1v) is 7.47. The largest absolute Gasteiger partial charge is 0.507 e. The summed E-state index contributed by atoms with van der Waals surface area (Å²) in [6.45, 7) is 0. The van der Waals surface area contributed by atoms with Crippen LogP contribution < -0.4 is 5.63 Å². The quantitative estimate of drug-likeness (QED) is 0.659. The molecule has 1 heterocycles. The lowest BCUT2D eigenvalue weighted by Gasteiger charge is -2.01. The van der Waals surface area contributed by atoms with Gasteiger partial charge in [-0.1, -0.05) is 39.7 Å². The molecule has 0 spiro atoms. The monoisotopic (exact) mass is 377 g/mol. The van der Waals surface area contributed by atoms with Crippen molar-refractivity contribution in [2.24, 2.45) is 0 Å². The lowest BCUT2D eigenvalue weighted by atomic mass is 10.1. The van der Waals surface area contributed by atoms with Crippen molar-refractivity contribution in [2.45, 2.75) is 0 Å². The Bertz CT molecular complexity index is 932. The molecule has 0 radical (unpaired) electrons. The van der Waals surface area contributed by atoms with E-state index in [9.17, 15) is 9.90 Å². The van der Waals surface area contributed by atoms with Gasteiger partial charge in [-0.15, -0.1) is 0 Å². The summed E-state index contributed by atoms with van der Waals surface area (Å²) in [5.74, 6) is -0.0753. The highest BCUT2D eigenvalue weighted by Gasteiger charge is 2.08. The Balaban J connectivity index is 2.09. The summed E-state index contributed by atoms with van der Waals surface area (Å²) in [6.07, 6.45) is 1.27. The summed E-state index contributed by atoms with van der Waals surface area (Å²) in [4.78, 5) is 16.1. The van der Waals surface area contributed by atoms with Gasteiger partial charge in [-0.25, -0.2) is 9.78 Å². The normalized spacial score (nSPS) is 11.8. The van der Waals surface area contributed by atoms with E-state index in [2.05, 4.69) is 20.9 Å².